The van der Waals surface area contributed by atoms with Crippen molar-refractivity contribution < 1.29 is 19.2 Å². The highest BCUT2D eigenvalue weighted by Crippen LogP contribution is 2.16. The van der Waals surface area contributed by atoms with Crippen LogP contribution < -0.4 is 5.73 Å². The van der Waals surface area contributed by atoms with Crippen molar-refractivity contribution >= 4 is 42.5 Å². The van der Waals surface area contributed by atoms with E-state index in [1.54, 1.807) is 11.7 Å². The Hall–Kier alpha value is -1.74. The maximum absolute atomic E-state index is 12.1. The molecule has 1 radical (unpaired) electrons. The van der Waals surface area contributed by atoms with Gasteiger partial charge in [-0.25, -0.2) is 9.78 Å². The number of ether oxygens (including phenoxy) is 1. The fourth-order valence-corrected chi connectivity index (χ4v) is 2.60. The number of carbonyl (C=O) groups excluding carboxylic acids is 2. The smallest absolute Gasteiger partial charge is 0.352 e. The fraction of sp³-hybridized carbons (Fsp3) is 0.571. The van der Waals surface area contributed by atoms with Gasteiger partial charge in [0.1, 0.15) is 5.69 Å². The summed E-state index contributed by atoms with van der Waals surface area (Å²) < 4.78 is 5.23. The Morgan fingerprint density at radius 1 is 1.48 bits per heavy atom. The highest BCUT2D eigenvalue weighted by atomic mass is 32.1. The number of anilines is 1. The number of esters is 1. The Balaban J connectivity index is 2.67. The van der Waals surface area contributed by atoms with Crippen LogP contribution in [0.2, 0.25) is 25.7 Å². The van der Waals surface area contributed by atoms with Crippen LogP contribution in [0.15, 0.2) is 10.5 Å². The van der Waals surface area contributed by atoms with Crippen molar-refractivity contribution in [3.05, 3.63) is 11.1 Å². The van der Waals surface area contributed by atoms with Crippen molar-refractivity contribution in [1.82, 2.24) is 4.98 Å². The summed E-state index contributed by atoms with van der Waals surface area (Å²) in [6.07, 6.45) is 1.62. The zero-order valence-electron chi connectivity index (χ0n) is 14.0. The van der Waals surface area contributed by atoms with Crippen LogP contribution in [-0.4, -0.2) is 43.2 Å². The van der Waals surface area contributed by atoms with E-state index in [9.17, 15) is 9.59 Å². The summed E-state index contributed by atoms with van der Waals surface area (Å²) >= 11 is 1.16. The second kappa shape index (κ2) is 7.69. The predicted octanol–water partition coefficient (Wildman–Crippen LogP) is 2.22. The number of carbonyl (C=O) groups is 1. The van der Waals surface area contributed by atoms with E-state index >= 15 is 0 Å². The zero-order chi connectivity index (χ0) is 17.7. The predicted molar refractivity (Wildman–Crippen MR) is 93.0 cm³/mol. The second-order valence-electron chi connectivity index (χ2n) is 6.66. The number of nitrogen functional groups attached to an aromatic ring is 1. The minimum Gasteiger partial charge on any atom is -0.463 e. The summed E-state index contributed by atoms with van der Waals surface area (Å²) in [7, 11) is -1.28. The molecule has 0 aliphatic heterocycles. The summed E-state index contributed by atoms with van der Waals surface area (Å²) in [4.78, 5) is 32.1. The molecule has 0 spiro atoms. The van der Waals surface area contributed by atoms with Gasteiger partial charge in [-0.05, 0) is 19.9 Å². The van der Waals surface area contributed by atoms with E-state index in [-0.39, 0.29) is 11.4 Å². The first-order chi connectivity index (χ1) is 10.5. The lowest BCUT2D eigenvalue weighted by Crippen LogP contribution is -2.36. The Kier molecular flexibility index (Phi) is 6.45. The van der Waals surface area contributed by atoms with Crippen molar-refractivity contribution in [2.24, 2.45) is 5.16 Å². The van der Waals surface area contributed by atoms with E-state index in [4.69, 9.17) is 15.3 Å². The summed E-state index contributed by atoms with van der Waals surface area (Å²) in [6, 6.07) is 0.865. The standard InChI is InChI=1S/C14H22N3O4SSi/c1-14(2,12(19)20-6-7-23(3,4)5)21-17-10(8-18)11-9-22-13(15)16-11/h9H,6-7H2,1-5H3,(H2,15,16)/b17-10-. The number of nitrogens with two attached hydrogens (primary N) is 1. The van der Waals surface area contributed by atoms with Crippen LogP contribution in [0.3, 0.4) is 0 Å². The molecule has 0 bridgehead atoms. The van der Waals surface area contributed by atoms with E-state index in [0.717, 1.165) is 17.4 Å². The van der Waals surface area contributed by atoms with E-state index in [1.807, 2.05) is 0 Å². The van der Waals surface area contributed by atoms with E-state index < -0.39 is 19.6 Å². The van der Waals surface area contributed by atoms with Crippen LogP contribution in [0.5, 0.6) is 0 Å². The highest BCUT2D eigenvalue weighted by molar-refractivity contribution is 7.13. The molecule has 0 aromatic carbocycles. The Bertz CT molecular complexity index is 593. The molecule has 1 rings (SSSR count). The Morgan fingerprint density at radius 3 is 2.61 bits per heavy atom. The molecule has 0 amide bonds. The van der Waals surface area contributed by atoms with Gasteiger partial charge in [-0.2, -0.15) is 0 Å². The third-order valence-electron chi connectivity index (χ3n) is 2.80. The van der Waals surface area contributed by atoms with Crippen molar-refractivity contribution in [2.45, 2.75) is 45.1 Å². The zero-order valence-corrected chi connectivity index (χ0v) is 15.8. The SMILES string of the molecule is CC(C)(O/N=C(/[C]=O)c1csc(N)n1)C(=O)OCC[Si](C)(C)C. The molecule has 0 saturated heterocycles. The summed E-state index contributed by atoms with van der Waals surface area (Å²) in [5.74, 6) is -0.539. The lowest BCUT2D eigenvalue weighted by atomic mass is 10.1. The monoisotopic (exact) mass is 356 g/mol. The molecular formula is C14H22N3O4SSi. The van der Waals surface area contributed by atoms with Crippen LogP contribution in [0.4, 0.5) is 5.13 Å². The van der Waals surface area contributed by atoms with Crippen LogP contribution in [0, 0.1) is 0 Å². The molecule has 0 aliphatic carbocycles. The summed E-state index contributed by atoms with van der Waals surface area (Å²) in [6.45, 7) is 9.96. The average Bonchev–Trinajstić information content (AvgIpc) is 2.84. The van der Waals surface area contributed by atoms with Crippen LogP contribution in [-0.2, 0) is 19.2 Å². The molecule has 1 aromatic rings. The van der Waals surface area contributed by atoms with Gasteiger partial charge in [-0.15, -0.1) is 11.3 Å². The van der Waals surface area contributed by atoms with Crippen LogP contribution in [0.25, 0.3) is 0 Å². The second-order valence-corrected chi connectivity index (χ2v) is 13.2. The van der Waals surface area contributed by atoms with Gasteiger partial charge in [0.2, 0.25) is 5.60 Å². The average molecular weight is 357 g/mol. The first kappa shape index (κ1) is 19.3. The van der Waals surface area contributed by atoms with Crippen LogP contribution in [0.1, 0.15) is 19.5 Å². The molecule has 2 N–H and O–H groups in total. The summed E-state index contributed by atoms with van der Waals surface area (Å²) in [5, 5.41) is 5.52. The molecule has 0 aliphatic rings. The molecule has 0 unspecified atom stereocenters. The van der Waals surface area contributed by atoms with Crippen molar-refractivity contribution in [2.75, 3.05) is 12.3 Å². The maximum atomic E-state index is 12.1. The largest absolute Gasteiger partial charge is 0.463 e. The number of nitrogens with zero attached hydrogens (tertiary/aromatic N) is 2. The third-order valence-corrected chi connectivity index (χ3v) is 5.18. The first-order valence-corrected chi connectivity index (χ1v) is 11.7. The van der Waals surface area contributed by atoms with Gasteiger partial charge in [0, 0.05) is 13.5 Å². The van der Waals surface area contributed by atoms with E-state index in [2.05, 4.69) is 29.8 Å². The van der Waals surface area contributed by atoms with Gasteiger partial charge in [0.15, 0.2) is 10.8 Å². The fourth-order valence-electron chi connectivity index (χ4n) is 1.33. The molecule has 23 heavy (non-hydrogen) atoms. The third kappa shape index (κ3) is 6.49. The first-order valence-electron chi connectivity index (χ1n) is 7.08. The van der Waals surface area contributed by atoms with Crippen molar-refractivity contribution in [3.8, 4) is 0 Å². The van der Waals surface area contributed by atoms with Crippen molar-refractivity contribution in [1.29, 1.82) is 0 Å². The number of rotatable bonds is 8. The van der Waals surface area contributed by atoms with Gasteiger partial charge in [-0.3, -0.25) is 4.79 Å². The number of oxime groups is 1. The molecule has 0 atom stereocenters. The van der Waals surface area contributed by atoms with E-state index in [0.29, 0.717) is 11.7 Å². The molecule has 1 aromatic heterocycles. The highest BCUT2D eigenvalue weighted by Gasteiger charge is 2.33. The van der Waals surface area contributed by atoms with Gasteiger partial charge in [0.05, 0.1) is 6.61 Å². The van der Waals surface area contributed by atoms with E-state index in [1.165, 1.54) is 13.8 Å². The molecule has 9 heteroatoms. The lowest BCUT2D eigenvalue weighted by Gasteiger charge is -2.22. The van der Waals surface area contributed by atoms with Gasteiger partial charge in [-0.1, -0.05) is 24.8 Å². The molecule has 7 nitrogen and oxygen atoms in total. The lowest BCUT2D eigenvalue weighted by molar-refractivity contribution is -0.167. The minimum atomic E-state index is -1.32. The quantitative estimate of drug-likeness (QED) is 0.331. The molecule has 0 saturated carbocycles. The number of thiazole rings is 1. The Labute approximate surface area is 140 Å². The van der Waals surface area contributed by atoms with Gasteiger partial charge < -0.3 is 15.3 Å². The van der Waals surface area contributed by atoms with Gasteiger partial charge in [0.25, 0.3) is 6.29 Å². The Morgan fingerprint density at radius 2 is 2.13 bits per heavy atom. The summed E-state index contributed by atoms with van der Waals surface area (Å²) in [5.41, 5.74) is 4.29. The minimum absolute atomic E-state index is 0.152. The molecule has 0 fully saturated rings. The topological polar surface area (TPSA) is 104 Å². The number of hydrogen-bond acceptors (Lipinski definition) is 8. The molecule has 1 heterocycles. The normalized spacial score (nSPS) is 12.8. The number of aromatic nitrogens is 1. The maximum Gasteiger partial charge on any atom is 0.352 e. The van der Waals surface area contributed by atoms with Crippen molar-refractivity contribution in [3.63, 3.8) is 0 Å². The van der Waals surface area contributed by atoms with Gasteiger partial charge >= 0.3 is 5.97 Å². The molecule has 127 valence electrons. The number of hydrogen-bond donors (Lipinski definition) is 1. The molecular weight excluding hydrogens is 334 g/mol. The van der Waals surface area contributed by atoms with Crippen LogP contribution >= 0.6 is 11.3 Å².